The Labute approximate surface area is 275 Å². The van der Waals surface area contributed by atoms with E-state index in [4.69, 9.17) is 19.7 Å². The molecule has 8 heteroatoms. The van der Waals surface area contributed by atoms with Crippen LogP contribution in [0, 0.1) is 56.7 Å². The van der Waals surface area contributed by atoms with Crippen LogP contribution in [0.3, 0.4) is 0 Å². The second kappa shape index (κ2) is 12.3. The first-order valence-electron chi connectivity index (χ1n) is 17.9. The Kier molecular flexibility index (Phi) is 9.31. The van der Waals surface area contributed by atoms with Crippen molar-refractivity contribution in [3.8, 4) is 0 Å². The van der Waals surface area contributed by atoms with Crippen LogP contribution in [0.4, 0.5) is 0 Å². The minimum Gasteiger partial charge on any atom is -0.481 e. The third kappa shape index (κ3) is 5.61. The average Bonchev–Trinajstić information content (AvgIpc) is 3.36. The molecule has 0 amide bonds. The second-order valence-corrected chi connectivity index (χ2v) is 17.3. The summed E-state index contributed by atoms with van der Waals surface area (Å²) in [5.41, 5.74) is 1.35. The Bertz CT molecular complexity index is 1250. The fourth-order valence-corrected chi connectivity index (χ4v) is 12.7. The molecule has 8 nitrogen and oxygen atoms in total. The summed E-state index contributed by atoms with van der Waals surface area (Å²) < 4.78 is 11.9. The molecule has 10 atom stereocenters. The summed E-state index contributed by atoms with van der Waals surface area (Å²) in [7, 11) is 0. The van der Waals surface area contributed by atoms with Crippen molar-refractivity contribution in [3.63, 3.8) is 0 Å². The number of rotatable bonds is 10. The zero-order valence-corrected chi connectivity index (χ0v) is 29.1. The molecule has 0 heterocycles. The van der Waals surface area contributed by atoms with Gasteiger partial charge in [0.2, 0.25) is 0 Å². The van der Waals surface area contributed by atoms with Crippen LogP contribution >= 0.6 is 0 Å². The van der Waals surface area contributed by atoms with Crippen molar-refractivity contribution in [2.75, 3.05) is 6.61 Å². The third-order valence-corrected chi connectivity index (χ3v) is 15.1. The molecule has 0 radical (unpaired) electrons. The molecule has 5 rings (SSSR count). The predicted molar refractivity (Wildman–Crippen MR) is 174 cm³/mol. The third-order valence-electron chi connectivity index (χ3n) is 15.1. The zero-order chi connectivity index (χ0) is 33.9. The summed E-state index contributed by atoms with van der Waals surface area (Å²) in [6.45, 7) is 19.2. The summed E-state index contributed by atoms with van der Waals surface area (Å²) in [5, 5.41) is 18.1. The van der Waals surface area contributed by atoms with E-state index in [0.717, 1.165) is 64.2 Å². The molecule has 0 saturated heterocycles. The van der Waals surface area contributed by atoms with Gasteiger partial charge in [-0.3, -0.25) is 19.2 Å². The van der Waals surface area contributed by atoms with Crippen molar-refractivity contribution in [1.29, 1.82) is 0 Å². The van der Waals surface area contributed by atoms with Crippen LogP contribution in [0.5, 0.6) is 0 Å². The van der Waals surface area contributed by atoms with Gasteiger partial charge in [-0.2, -0.15) is 0 Å². The molecule has 0 aromatic rings. The van der Waals surface area contributed by atoms with Gasteiger partial charge in [0.25, 0.3) is 0 Å². The largest absolute Gasteiger partial charge is 0.481 e. The van der Waals surface area contributed by atoms with Crippen molar-refractivity contribution < 1.29 is 38.9 Å². The fourth-order valence-electron chi connectivity index (χ4n) is 12.7. The number of hydrogen-bond acceptors (Lipinski definition) is 6. The summed E-state index contributed by atoms with van der Waals surface area (Å²) in [6, 6.07) is 0. The number of aliphatic carboxylic acids is 2. The molecular weight excluding hydrogens is 584 g/mol. The summed E-state index contributed by atoms with van der Waals surface area (Å²) in [6.07, 6.45) is 9.79. The van der Waals surface area contributed by atoms with Crippen molar-refractivity contribution in [1.82, 2.24) is 0 Å². The Morgan fingerprint density at radius 3 is 2.00 bits per heavy atom. The van der Waals surface area contributed by atoms with E-state index in [-0.39, 0.29) is 58.9 Å². The van der Waals surface area contributed by atoms with Gasteiger partial charge < -0.3 is 19.7 Å². The molecule has 5 aliphatic rings. The van der Waals surface area contributed by atoms with E-state index in [9.17, 15) is 19.2 Å². The van der Waals surface area contributed by atoms with E-state index in [0.29, 0.717) is 36.2 Å². The summed E-state index contributed by atoms with van der Waals surface area (Å²) in [4.78, 5) is 47.3. The molecule has 46 heavy (non-hydrogen) atoms. The van der Waals surface area contributed by atoms with E-state index in [2.05, 4.69) is 48.1 Å². The van der Waals surface area contributed by atoms with E-state index >= 15 is 0 Å². The highest BCUT2D eigenvalue weighted by Crippen LogP contribution is 2.77. The lowest BCUT2D eigenvalue weighted by Gasteiger charge is -2.73. The number of ether oxygens (including phenoxy) is 2. The van der Waals surface area contributed by atoms with Crippen LogP contribution in [-0.2, 0) is 28.7 Å². The highest BCUT2D eigenvalue weighted by molar-refractivity contribution is 5.77. The van der Waals surface area contributed by atoms with Gasteiger partial charge in [-0.1, -0.05) is 46.8 Å². The van der Waals surface area contributed by atoms with Gasteiger partial charge in [0, 0.05) is 10.8 Å². The van der Waals surface area contributed by atoms with Crippen LogP contribution < -0.4 is 0 Å². The molecule has 0 bridgehead atoms. The van der Waals surface area contributed by atoms with Crippen LogP contribution in [0.2, 0.25) is 0 Å². The number of allylic oxidation sites excluding steroid dienone is 1. The number of esters is 2. The lowest BCUT2D eigenvalue weighted by Crippen LogP contribution is -2.67. The Balaban J connectivity index is 1.38. The quantitative estimate of drug-likeness (QED) is 0.182. The molecular formula is C38H58O8. The first-order chi connectivity index (χ1) is 21.4. The normalized spacial score (nSPS) is 42.4. The summed E-state index contributed by atoms with van der Waals surface area (Å²) in [5.74, 6) is -0.505. The number of carbonyl (C=O) groups excluding carboxylic acids is 2. The molecule has 5 fully saturated rings. The van der Waals surface area contributed by atoms with E-state index in [1.54, 1.807) is 0 Å². The Hall–Kier alpha value is -2.38. The predicted octanol–water partition coefficient (Wildman–Crippen LogP) is 7.83. The topological polar surface area (TPSA) is 127 Å². The standard InChI is InChI=1S/C38H58O8/c1-23(2)24-14-19-38(22-45-31(43)12-10-29(39)40)21-20-36(6)25(33(24)38)8-9-27-35(5)17-16-28(46-32(44)13-11-30(41)42)34(3,4)26(35)15-18-37(27,36)7/h24-28,33H,1,8-22H2,2-7H3,(H,39,40)(H,41,42)/t24-,25+,26?,27+,28+,33?,35-,36+,37+,38+/m0/s1. The van der Waals surface area contributed by atoms with Crippen molar-refractivity contribution in [3.05, 3.63) is 12.2 Å². The maximum absolute atomic E-state index is 12.6. The number of hydrogen-bond donors (Lipinski definition) is 2. The van der Waals surface area contributed by atoms with Gasteiger partial charge in [0.15, 0.2) is 0 Å². The molecule has 0 aliphatic heterocycles. The van der Waals surface area contributed by atoms with Crippen LogP contribution in [0.25, 0.3) is 0 Å². The van der Waals surface area contributed by atoms with Gasteiger partial charge in [-0.05, 0) is 117 Å². The van der Waals surface area contributed by atoms with Gasteiger partial charge in [-0.25, -0.2) is 0 Å². The first-order valence-corrected chi connectivity index (χ1v) is 17.9. The molecule has 0 aromatic carbocycles. The van der Waals surface area contributed by atoms with Crippen molar-refractivity contribution >= 4 is 23.9 Å². The number of fused-ring (bicyclic) bond motifs is 7. The van der Waals surface area contributed by atoms with E-state index < -0.39 is 23.9 Å². The highest BCUT2D eigenvalue weighted by Gasteiger charge is 2.71. The molecule has 0 aromatic heterocycles. The van der Waals surface area contributed by atoms with E-state index in [1.165, 1.54) is 5.57 Å². The van der Waals surface area contributed by atoms with E-state index in [1.807, 2.05) is 0 Å². The average molecular weight is 643 g/mol. The van der Waals surface area contributed by atoms with Gasteiger partial charge in [0.05, 0.1) is 32.3 Å². The van der Waals surface area contributed by atoms with Crippen LogP contribution in [0.15, 0.2) is 12.2 Å². The van der Waals surface area contributed by atoms with Crippen molar-refractivity contribution in [2.45, 2.75) is 138 Å². The SMILES string of the molecule is C=C(C)[C@@H]1CC[C@]2(COC(=O)CCC(=O)O)CC[C@]3(C)[C@H](CC[C@@H]4[C@@]5(C)CC[C@@H](OC(=O)CCC(=O)O)C(C)(C)C5CC[C@]43C)C12. The van der Waals surface area contributed by atoms with Gasteiger partial charge in [0.1, 0.15) is 6.10 Å². The zero-order valence-electron chi connectivity index (χ0n) is 29.1. The molecule has 5 aliphatic carbocycles. The number of carbonyl (C=O) groups is 4. The molecule has 0 spiro atoms. The molecule has 2 unspecified atom stereocenters. The fraction of sp³-hybridized carbons (Fsp3) is 0.842. The lowest BCUT2D eigenvalue weighted by atomic mass is 9.32. The van der Waals surface area contributed by atoms with Crippen molar-refractivity contribution in [2.24, 2.45) is 56.7 Å². The number of carboxylic acid groups (broad SMARTS) is 2. The smallest absolute Gasteiger partial charge is 0.306 e. The Morgan fingerprint density at radius 1 is 0.717 bits per heavy atom. The molecule has 2 N–H and O–H groups in total. The maximum atomic E-state index is 12.6. The summed E-state index contributed by atoms with van der Waals surface area (Å²) >= 11 is 0. The molecule has 5 saturated carbocycles. The first kappa shape index (κ1) is 34.9. The van der Waals surface area contributed by atoms with Crippen LogP contribution in [0.1, 0.15) is 131 Å². The van der Waals surface area contributed by atoms with Gasteiger partial charge >= 0.3 is 23.9 Å². The number of carboxylic acids is 2. The Morgan fingerprint density at radius 2 is 1.37 bits per heavy atom. The monoisotopic (exact) mass is 642 g/mol. The molecule has 258 valence electrons. The minimum absolute atomic E-state index is 0.0818. The lowest BCUT2D eigenvalue weighted by molar-refractivity contribution is -0.252. The highest BCUT2D eigenvalue weighted by atomic mass is 16.5. The second-order valence-electron chi connectivity index (χ2n) is 17.3. The van der Waals surface area contributed by atoms with Crippen LogP contribution in [-0.4, -0.2) is 46.8 Å². The maximum Gasteiger partial charge on any atom is 0.306 e. The minimum atomic E-state index is -0.980. The van der Waals surface area contributed by atoms with Gasteiger partial charge in [-0.15, -0.1) is 0 Å².